The van der Waals surface area contributed by atoms with Crippen LogP contribution in [0.4, 0.5) is 4.79 Å². The van der Waals surface area contributed by atoms with E-state index in [2.05, 4.69) is 14.9 Å². The minimum Gasteiger partial charge on any atom is -0.474 e. The van der Waals surface area contributed by atoms with Crippen LogP contribution in [0.2, 0.25) is 0 Å². The number of aryl methyl sites for hydroxylation is 1. The number of amides is 2. The lowest BCUT2D eigenvalue weighted by atomic mass is 9.91. The van der Waals surface area contributed by atoms with Crippen molar-refractivity contribution < 1.29 is 24.2 Å². The van der Waals surface area contributed by atoms with Crippen molar-refractivity contribution in [2.24, 2.45) is 5.73 Å². The number of piperazine rings is 1. The van der Waals surface area contributed by atoms with E-state index in [1.165, 1.54) is 4.88 Å². The normalized spacial score (nSPS) is 25.3. The molecule has 208 valence electrons. The summed E-state index contributed by atoms with van der Waals surface area (Å²) in [5.74, 6) is -0.0270. The summed E-state index contributed by atoms with van der Waals surface area (Å²) in [5, 5.41) is 11.0. The van der Waals surface area contributed by atoms with Gasteiger partial charge in [0, 0.05) is 37.1 Å². The number of aliphatic hydroxyl groups excluding tert-OH is 1. The number of nitrogens with zero attached hydrogens (tertiary/aromatic N) is 4. The molecule has 0 bridgehead atoms. The topological polar surface area (TPSA) is 131 Å². The van der Waals surface area contributed by atoms with Gasteiger partial charge >= 0.3 is 6.09 Å². The lowest BCUT2D eigenvalue weighted by Crippen LogP contribution is -2.53. The Hall–Kier alpha value is -2.50. The van der Waals surface area contributed by atoms with Crippen LogP contribution in [0.15, 0.2) is 6.33 Å². The van der Waals surface area contributed by atoms with Crippen LogP contribution in [-0.2, 0) is 16.0 Å². The summed E-state index contributed by atoms with van der Waals surface area (Å²) < 4.78 is 12.0. The summed E-state index contributed by atoms with van der Waals surface area (Å²) in [5.41, 5.74) is 5.97. The molecule has 0 radical (unpaired) electrons. The Kier molecular flexibility index (Phi) is 7.79. The first kappa shape index (κ1) is 27.1. The minimum absolute atomic E-state index is 0.0460. The maximum Gasteiger partial charge on any atom is 0.410 e. The van der Waals surface area contributed by atoms with E-state index in [-0.39, 0.29) is 18.1 Å². The third-order valence-electron chi connectivity index (χ3n) is 7.94. The molecule has 1 saturated carbocycles. The lowest BCUT2D eigenvalue weighted by molar-refractivity contribution is -0.126. The fourth-order valence-corrected chi connectivity index (χ4v) is 7.26. The third kappa shape index (κ3) is 5.89. The van der Waals surface area contributed by atoms with Crippen LogP contribution >= 0.6 is 11.3 Å². The average Bonchev–Trinajstić information content (AvgIpc) is 3.43. The molecule has 3 N–H and O–H groups in total. The molecule has 2 aromatic rings. The van der Waals surface area contributed by atoms with Crippen LogP contribution in [0.3, 0.4) is 0 Å². The van der Waals surface area contributed by atoms with Crippen molar-refractivity contribution in [3.63, 3.8) is 0 Å². The molecule has 5 rings (SSSR count). The van der Waals surface area contributed by atoms with Gasteiger partial charge < -0.3 is 25.2 Å². The van der Waals surface area contributed by atoms with Gasteiger partial charge in [-0.2, -0.15) is 0 Å². The van der Waals surface area contributed by atoms with E-state index < -0.39 is 17.6 Å². The van der Waals surface area contributed by atoms with E-state index in [4.69, 9.17) is 15.2 Å². The van der Waals surface area contributed by atoms with Gasteiger partial charge in [-0.25, -0.2) is 14.8 Å². The standard InChI is InChI=1S/C27H39N5O5S/c1-27(2,3)37-26(35)32-12-10-31(11-13-32)17-5-7-18(8-6-17)36-24-22-21-16(14-19(33)23(28)34)4-9-20(21)38-25(22)30-15-29-24/h15-19,33H,4-14H2,1-3H3,(H2,28,34)/t16-,17-,18-,19-/m1/s1. The van der Waals surface area contributed by atoms with Gasteiger partial charge in [-0.3, -0.25) is 9.69 Å². The summed E-state index contributed by atoms with van der Waals surface area (Å²) in [6.07, 6.45) is 6.33. The second-order valence-corrected chi connectivity index (χ2v) is 12.8. The molecule has 3 aliphatic rings. The lowest BCUT2D eigenvalue weighted by Gasteiger charge is -2.42. The van der Waals surface area contributed by atoms with Gasteiger partial charge in [0.15, 0.2) is 0 Å². The van der Waals surface area contributed by atoms with Crippen molar-refractivity contribution in [1.29, 1.82) is 0 Å². The van der Waals surface area contributed by atoms with Crippen molar-refractivity contribution in [3.05, 3.63) is 16.8 Å². The number of rotatable bonds is 6. The number of fused-ring (bicyclic) bond motifs is 3. The third-order valence-corrected chi connectivity index (χ3v) is 9.11. The number of hydrogen-bond donors (Lipinski definition) is 2. The van der Waals surface area contributed by atoms with E-state index in [9.17, 15) is 14.7 Å². The van der Waals surface area contributed by atoms with Gasteiger partial charge in [0.25, 0.3) is 0 Å². The molecule has 0 spiro atoms. The smallest absolute Gasteiger partial charge is 0.410 e. The van der Waals surface area contributed by atoms with Gasteiger partial charge in [0.1, 0.15) is 29.0 Å². The summed E-state index contributed by atoms with van der Waals surface area (Å²) in [6, 6.07) is 0.492. The zero-order valence-corrected chi connectivity index (χ0v) is 23.3. The van der Waals surface area contributed by atoms with E-state index >= 15 is 0 Å². The number of carbonyl (C=O) groups excluding carboxylic acids is 2. The van der Waals surface area contributed by atoms with E-state index in [0.717, 1.165) is 67.4 Å². The van der Waals surface area contributed by atoms with Gasteiger partial charge in [-0.1, -0.05) is 0 Å². The van der Waals surface area contributed by atoms with Crippen LogP contribution in [-0.4, -0.2) is 86.9 Å². The zero-order valence-electron chi connectivity index (χ0n) is 22.5. The van der Waals surface area contributed by atoms with Gasteiger partial charge in [0.2, 0.25) is 11.8 Å². The number of carbonyl (C=O) groups is 2. The van der Waals surface area contributed by atoms with Crippen LogP contribution < -0.4 is 10.5 Å². The highest BCUT2D eigenvalue weighted by atomic mass is 32.1. The Balaban J connectivity index is 1.18. The van der Waals surface area contributed by atoms with Gasteiger partial charge in [0.05, 0.1) is 5.39 Å². The van der Waals surface area contributed by atoms with Crippen LogP contribution in [0, 0.1) is 0 Å². The SMILES string of the molecule is CC(C)(C)OC(=O)N1CCN([C@H]2CC[C@H](Oc3ncnc4sc5c(c34)[C@@H](C[C@@H](O)C(N)=O)CC5)CC2)CC1. The largest absolute Gasteiger partial charge is 0.474 e. The highest BCUT2D eigenvalue weighted by molar-refractivity contribution is 7.19. The molecular formula is C27H39N5O5S. The zero-order chi connectivity index (χ0) is 27.0. The number of hydrogen-bond acceptors (Lipinski definition) is 9. The van der Waals surface area contributed by atoms with Crippen molar-refractivity contribution >= 4 is 33.6 Å². The van der Waals surface area contributed by atoms with E-state index in [1.54, 1.807) is 17.7 Å². The first-order valence-electron chi connectivity index (χ1n) is 13.7. The Morgan fingerprint density at radius 3 is 2.50 bits per heavy atom. The Morgan fingerprint density at radius 1 is 1.13 bits per heavy atom. The molecule has 11 heteroatoms. The van der Waals surface area contributed by atoms with Crippen molar-refractivity contribution in [3.8, 4) is 5.88 Å². The monoisotopic (exact) mass is 545 g/mol. The van der Waals surface area contributed by atoms with Crippen LogP contribution in [0.25, 0.3) is 10.2 Å². The molecule has 1 aliphatic heterocycles. The van der Waals surface area contributed by atoms with Crippen LogP contribution in [0.5, 0.6) is 5.88 Å². The predicted octanol–water partition coefficient (Wildman–Crippen LogP) is 3.20. The number of ether oxygens (including phenoxy) is 2. The molecular weight excluding hydrogens is 506 g/mol. The van der Waals surface area contributed by atoms with Crippen molar-refractivity contribution in [1.82, 2.24) is 19.8 Å². The van der Waals surface area contributed by atoms with Crippen molar-refractivity contribution in [2.45, 2.75) is 95.5 Å². The maximum absolute atomic E-state index is 12.4. The van der Waals surface area contributed by atoms with Crippen LogP contribution in [0.1, 0.15) is 75.7 Å². The summed E-state index contributed by atoms with van der Waals surface area (Å²) in [6.45, 7) is 8.80. The van der Waals surface area contributed by atoms with Gasteiger partial charge in [-0.05, 0) is 77.2 Å². The maximum atomic E-state index is 12.4. The molecule has 3 heterocycles. The number of nitrogens with two attached hydrogens (primary N) is 1. The first-order valence-corrected chi connectivity index (χ1v) is 14.5. The quantitative estimate of drug-likeness (QED) is 0.566. The number of thiophene rings is 1. The molecule has 2 atom stereocenters. The molecule has 2 fully saturated rings. The fraction of sp³-hybridized carbons (Fsp3) is 0.704. The summed E-state index contributed by atoms with van der Waals surface area (Å²) in [4.78, 5) is 39.3. The van der Waals surface area contributed by atoms with Crippen molar-refractivity contribution in [2.75, 3.05) is 26.2 Å². The van der Waals surface area contributed by atoms with E-state index in [1.807, 2.05) is 25.7 Å². The minimum atomic E-state index is -1.16. The second-order valence-electron chi connectivity index (χ2n) is 11.7. The molecule has 2 aliphatic carbocycles. The summed E-state index contributed by atoms with van der Waals surface area (Å²) >= 11 is 1.65. The molecule has 2 aromatic heterocycles. The summed E-state index contributed by atoms with van der Waals surface area (Å²) in [7, 11) is 0. The Bertz CT molecular complexity index is 1160. The predicted molar refractivity (Wildman–Crippen MR) is 144 cm³/mol. The first-order chi connectivity index (χ1) is 18.1. The molecule has 10 nitrogen and oxygen atoms in total. The highest BCUT2D eigenvalue weighted by Gasteiger charge is 2.35. The number of aromatic nitrogens is 2. The van der Waals surface area contributed by atoms with Gasteiger partial charge in [-0.15, -0.1) is 11.3 Å². The highest BCUT2D eigenvalue weighted by Crippen LogP contribution is 2.47. The molecule has 0 aromatic carbocycles. The fourth-order valence-electron chi connectivity index (χ4n) is 6.03. The molecule has 1 saturated heterocycles. The Morgan fingerprint density at radius 2 is 1.84 bits per heavy atom. The molecule has 2 amide bonds. The average molecular weight is 546 g/mol. The van der Waals surface area contributed by atoms with E-state index in [0.29, 0.717) is 31.4 Å². The number of aliphatic hydroxyl groups is 1. The second kappa shape index (κ2) is 10.9. The number of primary amides is 1. The molecule has 0 unspecified atom stereocenters. The Labute approximate surface area is 227 Å². The molecule has 38 heavy (non-hydrogen) atoms.